The van der Waals surface area contributed by atoms with Crippen molar-refractivity contribution in [2.45, 2.75) is 36.6 Å². The second-order valence-electron chi connectivity index (χ2n) is 7.57. The summed E-state index contributed by atoms with van der Waals surface area (Å²) in [6.45, 7) is 0.185. The molecule has 0 saturated heterocycles. The van der Waals surface area contributed by atoms with E-state index in [1.54, 1.807) is 10.9 Å². The van der Waals surface area contributed by atoms with Crippen LogP contribution in [0.4, 0.5) is 13.2 Å². The van der Waals surface area contributed by atoms with Crippen LogP contribution in [0.25, 0.3) is 0 Å². The van der Waals surface area contributed by atoms with Gasteiger partial charge in [0, 0.05) is 13.0 Å². The van der Waals surface area contributed by atoms with E-state index in [0.29, 0.717) is 24.0 Å². The number of esters is 1. The summed E-state index contributed by atoms with van der Waals surface area (Å²) in [5, 5.41) is 0. The number of aromatic nitrogens is 2. The zero-order valence-electron chi connectivity index (χ0n) is 17.5. The van der Waals surface area contributed by atoms with Gasteiger partial charge in [0.25, 0.3) is 0 Å². The molecule has 3 aromatic rings. The number of carbonyl (C=O) groups excluding carboxylic acids is 1. The summed E-state index contributed by atoms with van der Waals surface area (Å²) >= 11 is 0. The minimum Gasteiger partial charge on any atom is -0.468 e. The highest BCUT2D eigenvalue weighted by Crippen LogP contribution is 2.33. The van der Waals surface area contributed by atoms with Crippen molar-refractivity contribution in [2.24, 2.45) is 0 Å². The van der Waals surface area contributed by atoms with Crippen molar-refractivity contribution in [3.05, 3.63) is 83.4 Å². The largest absolute Gasteiger partial charge is 0.468 e. The summed E-state index contributed by atoms with van der Waals surface area (Å²) in [4.78, 5) is 16.2. The molecular formula is C22H20F3N3O4S. The number of benzene rings is 2. The van der Waals surface area contributed by atoms with Crippen LogP contribution in [0.15, 0.2) is 65.8 Å². The Balaban J connectivity index is 1.74. The second-order valence-corrected chi connectivity index (χ2v) is 9.46. The average Bonchev–Trinajstić information content (AvgIpc) is 3.19. The summed E-state index contributed by atoms with van der Waals surface area (Å²) in [7, 11) is -3.34. The van der Waals surface area contributed by atoms with Crippen LogP contribution in [0, 0.1) is 0 Å². The van der Waals surface area contributed by atoms with E-state index >= 15 is 0 Å². The maximum atomic E-state index is 13.4. The molecule has 33 heavy (non-hydrogen) atoms. The number of rotatable bonds is 5. The van der Waals surface area contributed by atoms with E-state index in [1.807, 2.05) is 30.3 Å². The highest BCUT2D eigenvalue weighted by molar-refractivity contribution is 7.89. The van der Waals surface area contributed by atoms with E-state index in [2.05, 4.69) is 4.98 Å². The van der Waals surface area contributed by atoms with E-state index in [1.165, 1.54) is 0 Å². The van der Waals surface area contributed by atoms with Crippen molar-refractivity contribution in [1.29, 1.82) is 0 Å². The van der Waals surface area contributed by atoms with Gasteiger partial charge in [-0.1, -0.05) is 36.4 Å². The van der Waals surface area contributed by atoms with Gasteiger partial charge >= 0.3 is 12.1 Å². The quantitative estimate of drug-likeness (QED) is 0.525. The van der Waals surface area contributed by atoms with Crippen molar-refractivity contribution >= 4 is 16.0 Å². The van der Waals surface area contributed by atoms with Gasteiger partial charge in [-0.05, 0) is 23.8 Å². The number of alkyl halides is 3. The van der Waals surface area contributed by atoms with E-state index in [4.69, 9.17) is 4.74 Å². The van der Waals surface area contributed by atoms with Crippen LogP contribution < -0.4 is 0 Å². The van der Waals surface area contributed by atoms with Crippen LogP contribution in [0.1, 0.15) is 22.5 Å². The van der Waals surface area contributed by atoms with E-state index in [-0.39, 0.29) is 13.0 Å². The lowest BCUT2D eigenvalue weighted by Gasteiger charge is -2.33. The molecule has 0 radical (unpaired) electrons. The molecule has 1 aromatic heterocycles. The smallest absolute Gasteiger partial charge is 0.416 e. The molecule has 11 heteroatoms. The van der Waals surface area contributed by atoms with Gasteiger partial charge < -0.3 is 9.30 Å². The number of imidazole rings is 1. The van der Waals surface area contributed by atoms with Crippen LogP contribution in [0.2, 0.25) is 0 Å². The molecule has 0 N–H and O–H groups in total. The highest BCUT2D eigenvalue weighted by atomic mass is 32.2. The fourth-order valence-electron chi connectivity index (χ4n) is 3.82. The van der Waals surface area contributed by atoms with Crippen LogP contribution in [-0.4, -0.2) is 41.4 Å². The number of methoxy groups -OCH3 is 1. The molecule has 1 atom stereocenters. The molecule has 1 aliphatic rings. The number of ether oxygens (including phenoxy) is 1. The maximum Gasteiger partial charge on any atom is 0.416 e. The Morgan fingerprint density at radius 1 is 1.15 bits per heavy atom. The first kappa shape index (κ1) is 23.0. The van der Waals surface area contributed by atoms with Gasteiger partial charge in [0.05, 0.1) is 41.8 Å². The third-order valence-corrected chi connectivity index (χ3v) is 7.36. The monoisotopic (exact) mass is 479 g/mol. The Hall–Kier alpha value is -3.18. The Morgan fingerprint density at radius 3 is 2.55 bits per heavy atom. The Bertz CT molecular complexity index is 1270. The zero-order chi connectivity index (χ0) is 23.8. The number of fused-ring (bicyclic) bond motifs is 1. The van der Waals surface area contributed by atoms with Gasteiger partial charge in [0.1, 0.15) is 6.04 Å². The predicted octanol–water partition coefficient (Wildman–Crippen LogP) is 3.24. The molecule has 2 aromatic carbocycles. The molecule has 0 spiro atoms. The lowest BCUT2D eigenvalue weighted by molar-refractivity contribution is -0.145. The van der Waals surface area contributed by atoms with Gasteiger partial charge in [-0.25, -0.2) is 13.4 Å². The third kappa shape index (κ3) is 4.51. The average molecular weight is 479 g/mol. The van der Waals surface area contributed by atoms with Gasteiger partial charge in [-0.2, -0.15) is 17.5 Å². The van der Waals surface area contributed by atoms with Crippen LogP contribution in [0.5, 0.6) is 0 Å². The summed E-state index contributed by atoms with van der Waals surface area (Å²) in [5.41, 5.74) is 0.969. The van der Waals surface area contributed by atoms with Crippen molar-refractivity contribution in [1.82, 2.24) is 13.9 Å². The second kappa shape index (κ2) is 8.64. The molecule has 7 nitrogen and oxygen atoms in total. The van der Waals surface area contributed by atoms with Crippen molar-refractivity contribution in [3.8, 4) is 0 Å². The molecule has 0 amide bonds. The fraction of sp³-hybridized carbons (Fsp3) is 0.273. The fourth-order valence-corrected chi connectivity index (χ4v) is 5.40. The summed E-state index contributed by atoms with van der Waals surface area (Å²) < 4.78 is 73.8. The minimum absolute atomic E-state index is 0.0536. The summed E-state index contributed by atoms with van der Waals surface area (Å²) in [5.74, 6) is -0.811. The molecule has 174 valence electrons. The topological polar surface area (TPSA) is 81.5 Å². The molecule has 0 fully saturated rings. The lowest BCUT2D eigenvalue weighted by Crippen LogP contribution is -2.49. The van der Waals surface area contributed by atoms with Crippen molar-refractivity contribution < 1.29 is 31.1 Å². The van der Waals surface area contributed by atoms with Crippen molar-refractivity contribution in [2.75, 3.05) is 7.11 Å². The first-order valence-corrected chi connectivity index (χ1v) is 11.4. The van der Waals surface area contributed by atoms with Crippen LogP contribution in [0.3, 0.4) is 0 Å². The molecular weight excluding hydrogens is 459 g/mol. The third-order valence-electron chi connectivity index (χ3n) is 5.51. The normalized spacial score (nSPS) is 16.9. The lowest BCUT2D eigenvalue weighted by atomic mass is 10.1. The van der Waals surface area contributed by atoms with E-state index < -0.39 is 38.7 Å². The standard InChI is InChI=1S/C22H20F3N3O4S/c1-32-21(29)19-11-18-20(27(14-26-18)12-15-6-3-2-4-7-15)13-28(19)33(30,31)17-9-5-8-16(10-17)22(23,24)25/h2-10,14,19H,11-13H2,1H3/t19-/m1/s1. The van der Waals surface area contributed by atoms with Gasteiger partial charge in [0.2, 0.25) is 10.0 Å². The van der Waals surface area contributed by atoms with Gasteiger partial charge in [-0.15, -0.1) is 0 Å². The molecule has 2 heterocycles. The number of carbonyl (C=O) groups is 1. The van der Waals surface area contributed by atoms with E-state index in [9.17, 15) is 26.4 Å². The molecule has 0 unspecified atom stereocenters. The number of hydrogen-bond donors (Lipinski definition) is 0. The number of hydrogen-bond acceptors (Lipinski definition) is 5. The number of nitrogens with zero attached hydrogens (tertiary/aromatic N) is 3. The Morgan fingerprint density at radius 2 is 1.88 bits per heavy atom. The zero-order valence-corrected chi connectivity index (χ0v) is 18.3. The Labute approximate surface area is 188 Å². The highest BCUT2D eigenvalue weighted by Gasteiger charge is 2.43. The molecule has 1 aliphatic heterocycles. The molecule has 0 bridgehead atoms. The maximum absolute atomic E-state index is 13.4. The predicted molar refractivity (Wildman–Crippen MR) is 111 cm³/mol. The Kier molecular flexibility index (Phi) is 6.02. The molecule has 4 rings (SSSR count). The van der Waals surface area contributed by atoms with Crippen molar-refractivity contribution in [3.63, 3.8) is 0 Å². The number of sulfonamides is 1. The van der Waals surface area contributed by atoms with Crippen LogP contribution in [-0.2, 0) is 45.2 Å². The molecule has 0 aliphatic carbocycles. The van der Waals surface area contributed by atoms with E-state index in [0.717, 1.165) is 35.2 Å². The van der Waals surface area contributed by atoms with Gasteiger partial charge in [0.15, 0.2) is 0 Å². The summed E-state index contributed by atoms with van der Waals surface area (Å²) in [6, 6.07) is 11.6. The van der Waals surface area contributed by atoms with Gasteiger partial charge in [-0.3, -0.25) is 4.79 Å². The molecule has 0 saturated carbocycles. The minimum atomic E-state index is -4.71. The number of halogens is 3. The SMILES string of the molecule is COC(=O)[C@H]1Cc2ncn(Cc3ccccc3)c2CN1S(=O)(=O)c1cccc(C(F)(F)F)c1. The first-order chi connectivity index (χ1) is 15.6. The first-order valence-electron chi connectivity index (χ1n) is 9.95. The summed E-state index contributed by atoms with van der Waals surface area (Å²) in [6.07, 6.45) is -3.20. The van der Waals surface area contributed by atoms with Crippen LogP contribution >= 0.6 is 0 Å².